The third kappa shape index (κ3) is 5.06. The lowest BCUT2D eigenvalue weighted by molar-refractivity contribution is -0.130. The highest BCUT2D eigenvalue weighted by molar-refractivity contribution is 6.32. The van der Waals surface area contributed by atoms with E-state index in [0.717, 1.165) is 4.90 Å². The number of nitrogens with zero attached hydrogens (tertiary/aromatic N) is 1. The van der Waals surface area contributed by atoms with Crippen LogP contribution in [0.5, 0.6) is 11.5 Å². The summed E-state index contributed by atoms with van der Waals surface area (Å²) in [6.45, 7) is 3.50. The third-order valence-electron chi connectivity index (χ3n) is 4.43. The van der Waals surface area contributed by atoms with E-state index in [2.05, 4.69) is 10.6 Å². The number of benzene rings is 2. The van der Waals surface area contributed by atoms with Gasteiger partial charge in [-0.1, -0.05) is 23.7 Å². The predicted octanol–water partition coefficient (Wildman–Crippen LogP) is 4.18. The Morgan fingerprint density at radius 3 is 2.45 bits per heavy atom. The number of carbonyl (C=O) groups excluding carboxylic acids is 3. The molecule has 0 unspecified atom stereocenters. The molecule has 0 saturated carbocycles. The van der Waals surface area contributed by atoms with Gasteiger partial charge in [-0.2, -0.15) is 0 Å². The SMILES string of the molecule is CC1(C)NC(=O)N(CCCC(=O)Nc2ccc(Oc3ccccc3Cl)cc2)C1=O. The number of para-hydroxylation sites is 1. The second kappa shape index (κ2) is 8.53. The Morgan fingerprint density at radius 2 is 1.83 bits per heavy atom. The van der Waals surface area contributed by atoms with Crippen molar-refractivity contribution in [3.63, 3.8) is 0 Å². The van der Waals surface area contributed by atoms with Gasteiger partial charge in [0.25, 0.3) is 5.91 Å². The van der Waals surface area contributed by atoms with Gasteiger partial charge >= 0.3 is 6.03 Å². The Labute approximate surface area is 174 Å². The van der Waals surface area contributed by atoms with E-state index < -0.39 is 11.6 Å². The predicted molar refractivity (Wildman–Crippen MR) is 110 cm³/mol. The highest BCUT2D eigenvalue weighted by Gasteiger charge is 2.43. The molecule has 152 valence electrons. The van der Waals surface area contributed by atoms with Crippen LogP contribution in [0.4, 0.5) is 10.5 Å². The molecular weight excluding hydrogens is 394 g/mol. The Balaban J connectivity index is 1.47. The average molecular weight is 416 g/mol. The van der Waals surface area contributed by atoms with Gasteiger partial charge in [-0.15, -0.1) is 0 Å². The van der Waals surface area contributed by atoms with Crippen molar-refractivity contribution >= 4 is 35.1 Å². The molecule has 2 aromatic carbocycles. The van der Waals surface area contributed by atoms with Gasteiger partial charge in [-0.3, -0.25) is 14.5 Å². The van der Waals surface area contributed by atoms with Gasteiger partial charge < -0.3 is 15.4 Å². The van der Waals surface area contributed by atoms with Crippen LogP contribution in [-0.2, 0) is 9.59 Å². The minimum atomic E-state index is -0.896. The van der Waals surface area contributed by atoms with E-state index in [4.69, 9.17) is 16.3 Å². The van der Waals surface area contributed by atoms with Crippen LogP contribution in [0.1, 0.15) is 26.7 Å². The second-order valence-corrected chi connectivity index (χ2v) is 7.63. The van der Waals surface area contributed by atoms with E-state index in [1.165, 1.54) is 0 Å². The summed E-state index contributed by atoms with van der Waals surface area (Å²) in [5.41, 5.74) is -0.273. The Morgan fingerprint density at radius 1 is 1.14 bits per heavy atom. The summed E-state index contributed by atoms with van der Waals surface area (Å²) in [4.78, 5) is 37.2. The van der Waals surface area contributed by atoms with Gasteiger partial charge in [0.2, 0.25) is 5.91 Å². The van der Waals surface area contributed by atoms with Crippen LogP contribution in [-0.4, -0.2) is 34.8 Å². The normalized spacial score (nSPS) is 15.2. The van der Waals surface area contributed by atoms with E-state index in [1.54, 1.807) is 50.2 Å². The van der Waals surface area contributed by atoms with Crippen molar-refractivity contribution in [2.45, 2.75) is 32.2 Å². The molecule has 1 aliphatic heterocycles. The van der Waals surface area contributed by atoms with Crippen LogP contribution >= 0.6 is 11.6 Å². The van der Waals surface area contributed by atoms with Crippen LogP contribution in [0, 0.1) is 0 Å². The van der Waals surface area contributed by atoms with Gasteiger partial charge in [-0.25, -0.2) is 4.79 Å². The minimum Gasteiger partial charge on any atom is -0.456 e. The van der Waals surface area contributed by atoms with Crippen LogP contribution in [0.25, 0.3) is 0 Å². The molecule has 1 aliphatic rings. The number of ether oxygens (including phenoxy) is 1. The first-order valence-electron chi connectivity index (χ1n) is 9.23. The van der Waals surface area contributed by atoms with Crippen molar-refractivity contribution in [1.29, 1.82) is 0 Å². The number of urea groups is 1. The third-order valence-corrected chi connectivity index (χ3v) is 4.74. The first-order chi connectivity index (χ1) is 13.8. The van der Waals surface area contributed by atoms with Gasteiger partial charge in [0.05, 0.1) is 5.02 Å². The number of hydrogen-bond donors (Lipinski definition) is 2. The molecule has 0 aliphatic carbocycles. The number of nitrogens with one attached hydrogen (secondary N) is 2. The largest absolute Gasteiger partial charge is 0.456 e. The van der Waals surface area contributed by atoms with E-state index >= 15 is 0 Å². The molecule has 0 aromatic heterocycles. The standard InChI is InChI=1S/C21H22ClN3O4/c1-21(2)19(27)25(20(28)24-21)13-5-8-18(26)23-14-9-11-15(12-10-14)29-17-7-4-3-6-16(17)22/h3-4,6-7,9-12H,5,8,13H2,1-2H3,(H,23,26)(H,24,28). The van der Waals surface area contributed by atoms with E-state index in [1.807, 2.05) is 12.1 Å². The Bertz CT molecular complexity index is 928. The van der Waals surface area contributed by atoms with Crippen molar-refractivity contribution in [1.82, 2.24) is 10.2 Å². The Kier molecular flexibility index (Phi) is 6.08. The van der Waals surface area contributed by atoms with Crippen molar-refractivity contribution in [3.05, 3.63) is 53.6 Å². The van der Waals surface area contributed by atoms with Gasteiger partial charge in [0, 0.05) is 18.7 Å². The zero-order valence-electron chi connectivity index (χ0n) is 16.2. The molecule has 0 spiro atoms. The molecular formula is C21H22ClN3O4. The lowest BCUT2D eigenvalue weighted by Gasteiger charge is -2.15. The Hall–Kier alpha value is -3.06. The van der Waals surface area contributed by atoms with Crippen LogP contribution < -0.4 is 15.4 Å². The molecule has 2 aromatic rings. The average Bonchev–Trinajstić information content (AvgIpc) is 2.86. The molecule has 3 rings (SSSR count). The molecule has 2 N–H and O–H groups in total. The van der Waals surface area contributed by atoms with Crippen molar-refractivity contribution in [2.75, 3.05) is 11.9 Å². The quantitative estimate of drug-likeness (QED) is 0.664. The van der Waals surface area contributed by atoms with E-state index in [-0.39, 0.29) is 24.8 Å². The summed E-state index contributed by atoms with van der Waals surface area (Å²) in [6.07, 6.45) is 0.574. The highest BCUT2D eigenvalue weighted by atomic mass is 35.5. The fourth-order valence-electron chi connectivity index (χ4n) is 2.90. The number of anilines is 1. The van der Waals surface area contributed by atoms with E-state index in [0.29, 0.717) is 28.6 Å². The summed E-state index contributed by atoms with van der Waals surface area (Å²) in [6, 6.07) is 13.7. The van der Waals surface area contributed by atoms with Gasteiger partial charge in [0.15, 0.2) is 0 Å². The summed E-state index contributed by atoms with van der Waals surface area (Å²) >= 11 is 6.07. The number of amides is 4. The maximum Gasteiger partial charge on any atom is 0.325 e. The summed E-state index contributed by atoms with van der Waals surface area (Å²) in [5, 5.41) is 5.91. The maximum absolute atomic E-state index is 12.1. The van der Waals surface area contributed by atoms with Gasteiger partial charge in [0.1, 0.15) is 17.0 Å². The first-order valence-corrected chi connectivity index (χ1v) is 9.60. The molecule has 4 amide bonds. The minimum absolute atomic E-state index is 0.190. The van der Waals surface area contributed by atoms with Crippen LogP contribution in [0.2, 0.25) is 5.02 Å². The number of imide groups is 1. The summed E-state index contributed by atoms with van der Waals surface area (Å²) in [5.74, 6) is 0.667. The monoisotopic (exact) mass is 415 g/mol. The van der Waals surface area contributed by atoms with Crippen molar-refractivity contribution in [2.24, 2.45) is 0 Å². The molecule has 29 heavy (non-hydrogen) atoms. The highest BCUT2D eigenvalue weighted by Crippen LogP contribution is 2.29. The molecule has 0 bridgehead atoms. The topological polar surface area (TPSA) is 87.7 Å². The van der Waals surface area contributed by atoms with Crippen molar-refractivity contribution in [3.8, 4) is 11.5 Å². The molecule has 7 nitrogen and oxygen atoms in total. The smallest absolute Gasteiger partial charge is 0.325 e. The molecule has 8 heteroatoms. The fraction of sp³-hybridized carbons (Fsp3) is 0.286. The number of halogens is 1. The molecule has 1 fully saturated rings. The summed E-state index contributed by atoms with van der Waals surface area (Å²) < 4.78 is 5.71. The van der Waals surface area contributed by atoms with Crippen molar-refractivity contribution < 1.29 is 19.1 Å². The number of rotatable bonds is 7. The molecule has 0 atom stereocenters. The zero-order valence-corrected chi connectivity index (χ0v) is 17.0. The van der Waals surface area contributed by atoms with Gasteiger partial charge in [-0.05, 0) is 56.7 Å². The maximum atomic E-state index is 12.1. The lowest BCUT2D eigenvalue weighted by Crippen LogP contribution is -2.40. The fourth-order valence-corrected chi connectivity index (χ4v) is 3.08. The number of carbonyl (C=O) groups is 3. The molecule has 0 radical (unpaired) electrons. The first kappa shape index (κ1) is 20.7. The lowest BCUT2D eigenvalue weighted by atomic mass is 10.1. The molecule has 1 saturated heterocycles. The molecule has 1 heterocycles. The zero-order chi connectivity index (χ0) is 21.0. The summed E-state index contributed by atoms with van der Waals surface area (Å²) in [7, 11) is 0. The second-order valence-electron chi connectivity index (χ2n) is 7.22. The number of hydrogen-bond acceptors (Lipinski definition) is 4. The van der Waals surface area contributed by atoms with E-state index in [9.17, 15) is 14.4 Å². The van der Waals surface area contributed by atoms with Crippen LogP contribution in [0.15, 0.2) is 48.5 Å². The van der Waals surface area contributed by atoms with Crippen LogP contribution in [0.3, 0.4) is 0 Å².